The van der Waals surface area contributed by atoms with Gasteiger partial charge >= 0.3 is 5.97 Å². The Morgan fingerprint density at radius 2 is 1.75 bits per heavy atom. The van der Waals surface area contributed by atoms with Gasteiger partial charge in [0, 0.05) is 16.0 Å². The number of halogens is 1. The standard InChI is InChI=1S/C12H13ClO3/c1-11-6-14-12(15-7-11,16-8-11)9-3-2-4-10(13)5-9/h2-5H,6-8H2,1H3. The van der Waals surface area contributed by atoms with Crippen LogP contribution in [-0.2, 0) is 20.2 Å². The lowest BCUT2D eigenvalue weighted by Gasteiger charge is -2.50. The van der Waals surface area contributed by atoms with E-state index in [1.165, 1.54) is 0 Å². The molecule has 0 N–H and O–H groups in total. The summed E-state index contributed by atoms with van der Waals surface area (Å²) in [7, 11) is 0. The van der Waals surface area contributed by atoms with E-state index in [4.69, 9.17) is 25.8 Å². The molecule has 0 amide bonds. The van der Waals surface area contributed by atoms with Crippen LogP contribution < -0.4 is 0 Å². The number of ether oxygens (including phenoxy) is 3. The van der Waals surface area contributed by atoms with Crippen LogP contribution in [-0.4, -0.2) is 19.8 Å². The highest BCUT2D eigenvalue weighted by Crippen LogP contribution is 2.44. The molecule has 0 unspecified atom stereocenters. The van der Waals surface area contributed by atoms with Crippen LogP contribution in [0, 0.1) is 5.41 Å². The fourth-order valence-corrected chi connectivity index (χ4v) is 2.18. The van der Waals surface area contributed by atoms with E-state index in [2.05, 4.69) is 6.92 Å². The summed E-state index contributed by atoms with van der Waals surface area (Å²) in [4.78, 5) is 0. The molecular formula is C12H13ClO3. The van der Waals surface area contributed by atoms with Crippen molar-refractivity contribution in [1.82, 2.24) is 0 Å². The van der Waals surface area contributed by atoms with Crippen molar-refractivity contribution in [3.05, 3.63) is 34.9 Å². The minimum Gasteiger partial charge on any atom is -0.323 e. The van der Waals surface area contributed by atoms with Crippen LogP contribution in [0.15, 0.2) is 24.3 Å². The van der Waals surface area contributed by atoms with Crippen molar-refractivity contribution in [2.24, 2.45) is 5.41 Å². The van der Waals surface area contributed by atoms with E-state index in [-0.39, 0.29) is 5.41 Å². The Kier molecular flexibility index (Phi) is 2.27. The Labute approximate surface area is 99.3 Å². The molecule has 4 heteroatoms. The molecule has 2 bridgehead atoms. The van der Waals surface area contributed by atoms with Crippen molar-refractivity contribution in [3.63, 3.8) is 0 Å². The van der Waals surface area contributed by atoms with E-state index in [9.17, 15) is 0 Å². The van der Waals surface area contributed by atoms with Gasteiger partial charge in [0.05, 0.1) is 19.8 Å². The van der Waals surface area contributed by atoms with Gasteiger partial charge in [-0.05, 0) is 12.1 Å². The minimum atomic E-state index is -1.04. The first-order chi connectivity index (χ1) is 7.62. The van der Waals surface area contributed by atoms with Crippen molar-refractivity contribution in [3.8, 4) is 0 Å². The molecule has 0 radical (unpaired) electrons. The van der Waals surface area contributed by atoms with Crippen LogP contribution in [0.4, 0.5) is 0 Å². The molecule has 0 aliphatic carbocycles. The lowest BCUT2D eigenvalue weighted by atomic mass is 9.91. The van der Waals surface area contributed by atoms with Gasteiger partial charge in [0.1, 0.15) is 0 Å². The van der Waals surface area contributed by atoms with Crippen molar-refractivity contribution in [2.75, 3.05) is 19.8 Å². The number of fused-ring (bicyclic) bond motifs is 3. The number of hydrogen-bond acceptors (Lipinski definition) is 3. The lowest BCUT2D eigenvalue weighted by molar-refractivity contribution is -0.477. The van der Waals surface area contributed by atoms with Crippen LogP contribution in [0.25, 0.3) is 0 Å². The zero-order valence-electron chi connectivity index (χ0n) is 9.03. The fourth-order valence-electron chi connectivity index (χ4n) is 1.99. The Morgan fingerprint density at radius 3 is 2.31 bits per heavy atom. The van der Waals surface area contributed by atoms with Crippen LogP contribution in [0.1, 0.15) is 12.5 Å². The van der Waals surface area contributed by atoms with Gasteiger partial charge in [-0.1, -0.05) is 30.7 Å². The Bertz CT molecular complexity index is 394. The molecule has 3 saturated heterocycles. The summed E-state index contributed by atoms with van der Waals surface area (Å²) < 4.78 is 17.1. The summed E-state index contributed by atoms with van der Waals surface area (Å²) in [6.07, 6.45) is 0. The van der Waals surface area contributed by atoms with E-state index in [0.29, 0.717) is 24.8 Å². The molecule has 16 heavy (non-hydrogen) atoms. The monoisotopic (exact) mass is 240 g/mol. The summed E-state index contributed by atoms with van der Waals surface area (Å²) in [5.41, 5.74) is 0.807. The van der Waals surface area contributed by atoms with Crippen LogP contribution >= 0.6 is 11.6 Å². The van der Waals surface area contributed by atoms with Gasteiger partial charge in [0.15, 0.2) is 0 Å². The van der Waals surface area contributed by atoms with E-state index in [1.807, 2.05) is 24.3 Å². The second-order valence-corrected chi connectivity index (χ2v) is 5.18. The van der Waals surface area contributed by atoms with E-state index < -0.39 is 5.97 Å². The van der Waals surface area contributed by atoms with Crippen molar-refractivity contribution in [1.29, 1.82) is 0 Å². The molecule has 3 aliphatic rings. The molecule has 0 atom stereocenters. The second kappa shape index (κ2) is 3.44. The normalized spacial score (nSPS) is 37.6. The first-order valence-electron chi connectivity index (χ1n) is 5.30. The molecule has 3 heterocycles. The molecule has 0 spiro atoms. The van der Waals surface area contributed by atoms with Crippen molar-refractivity contribution < 1.29 is 14.2 Å². The zero-order valence-corrected chi connectivity index (χ0v) is 9.79. The quantitative estimate of drug-likeness (QED) is 0.755. The second-order valence-electron chi connectivity index (χ2n) is 4.74. The van der Waals surface area contributed by atoms with Gasteiger partial charge in [-0.25, -0.2) is 0 Å². The molecule has 0 aromatic heterocycles. The number of benzene rings is 1. The highest BCUT2D eigenvalue weighted by molar-refractivity contribution is 6.30. The third-order valence-corrected chi connectivity index (χ3v) is 3.25. The molecule has 1 aromatic carbocycles. The molecule has 1 aromatic rings. The topological polar surface area (TPSA) is 27.7 Å². The largest absolute Gasteiger partial charge is 0.323 e. The first-order valence-corrected chi connectivity index (χ1v) is 5.68. The van der Waals surface area contributed by atoms with Gasteiger partial charge < -0.3 is 14.2 Å². The van der Waals surface area contributed by atoms with Crippen LogP contribution in [0.3, 0.4) is 0 Å². The van der Waals surface area contributed by atoms with E-state index in [1.54, 1.807) is 0 Å². The lowest BCUT2D eigenvalue weighted by Crippen LogP contribution is -2.57. The highest BCUT2D eigenvalue weighted by atomic mass is 35.5. The van der Waals surface area contributed by atoms with E-state index >= 15 is 0 Å². The summed E-state index contributed by atoms with van der Waals surface area (Å²) in [5.74, 6) is -1.04. The maximum Gasteiger partial charge on any atom is 0.312 e. The average molecular weight is 241 g/mol. The van der Waals surface area contributed by atoms with Gasteiger partial charge in [-0.2, -0.15) is 0 Å². The maximum absolute atomic E-state index is 5.96. The summed E-state index contributed by atoms with van der Waals surface area (Å²) in [5, 5.41) is 0.654. The average Bonchev–Trinajstić information content (AvgIpc) is 2.30. The Balaban J connectivity index is 1.95. The third-order valence-electron chi connectivity index (χ3n) is 3.01. The first kappa shape index (κ1) is 10.5. The third kappa shape index (κ3) is 1.55. The van der Waals surface area contributed by atoms with Gasteiger partial charge in [0.2, 0.25) is 0 Å². The zero-order chi connectivity index (χ0) is 11.2. The Morgan fingerprint density at radius 1 is 1.12 bits per heavy atom. The van der Waals surface area contributed by atoms with Gasteiger partial charge in [0.25, 0.3) is 0 Å². The highest BCUT2D eigenvalue weighted by Gasteiger charge is 2.51. The minimum absolute atomic E-state index is 0.0136. The fraction of sp³-hybridized carbons (Fsp3) is 0.500. The molecule has 3 nitrogen and oxygen atoms in total. The SMILES string of the molecule is CC12COC(c3cccc(Cl)c3)(OC1)OC2. The molecular weight excluding hydrogens is 228 g/mol. The molecule has 86 valence electrons. The number of rotatable bonds is 1. The summed E-state index contributed by atoms with van der Waals surface area (Å²) >= 11 is 5.96. The predicted octanol–water partition coefficient (Wildman–Crippen LogP) is 2.53. The molecule has 3 fully saturated rings. The molecule has 4 rings (SSSR count). The van der Waals surface area contributed by atoms with Gasteiger partial charge in [-0.15, -0.1) is 0 Å². The Hall–Kier alpha value is -0.610. The van der Waals surface area contributed by atoms with Crippen LogP contribution in [0.5, 0.6) is 0 Å². The van der Waals surface area contributed by atoms with Crippen molar-refractivity contribution >= 4 is 11.6 Å². The maximum atomic E-state index is 5.96. The van der Waals surface area contributed by atoms with Crippen molar-refractivity contribution in [2.45, 2.75) is 12.9 Å². The smallest absolute Gasteiger partial charge is 0.312 e. The predicted molar refractivity (Wildman–Crippen MR) is 59.1 cm³/mol. The molecule has 3 aliphatic heterocycles. The van der Waals surface area contributed by atoms with Gasteiger partial charge in [-0.3, -0.25) is 0 Å². The molecule has 0 saturated carbocycles. The van der Waals surface area contributed by atoms with E-state index in [0.717, 1.165) is 5.56 Å². The van der Waals surface area contributed by atoms with Crippen LogP contribution in [0.2, 0.25) is 5.02 Å². The number of hydrogen-bond donors (Lipinski definition) is 0. The summed E-state index contributed by atoms with van der Waals surface area (Å²) in [6, 6.07) is 7.40. The summed E-state index contributed by atoms with van der Waals surface area (Å²) in [6.45, 7) is 4.05.